The summed E-state index contributed by atoms with van der Waals surface area (Å²) in [4.78, 5) is 18.4. The molecule has 15 heavy (non-hydrogen) atoms. The first kappa shape index (κ1) is 10.1. The molecule has 0 unspecified atom stereocenters. The average molecular weight is 202 g/mol. The first-order chi connectivity index (χ1) is 7.22. The van der Waals surface area contributed by atoms with E-state index in [1.54, 1.807) is 6.08 Å². The number of pyridine rings is 1. The summed E-state index contributed by atoms with van der Waals surface area (Å²) in [5.41, 5.74) is 2.76. The Kier molecular flexibility index (Phi) is 2.65. The molecular formula is C12H14N2O. The van der Waals surface area contributed by atoms with Crippen LogP contribution in [0.4, 0.5) is 5.69 Å². The molecule has 1 fully saturated rings. The van der Waals surface area contributed by atoms with Gasteiger partial charge in [-0.2, -0.15) is 4.99 Å². The Morgan fingerprint density at radius 3 is 2.80 bits per heavy atom. The highest BCUT2D eigenvalue weighted by molar-refractivity contribution is 5.54. The molecule has 3 heteroatoms. The molecule has 1 aromatic heterocycles. The molecule has 0 aromatic carbocycles. The number of isocyanates is 1. The second-order valence-corrected chi connectivity index (χ2v) is 4.31. The van der Waals surface area contributed by atoms with Gasteiger partial charge in [-0.25, -0.2) is 4.79 Å². The first-order valence-corrected chi connectivity index (χ1v) is 5.30. The van der Waals surface area contributed by atoms with Gasteiger partial charge in [0, 0.05) is 6.20 Å². The van der Waals surface area contributed by atoms with E-state index in [9.17, 15) is 4.79 Å². The van der Waals surface area contributed by atoms with Crippen molar-refractivity contribution in [2.75, 3.05) is 0 Å². The van der Waals surface area contributed by atoms with Crippen LogP contribution in [0.25, 0.3) is 0 Å². The van der Waals surface area contributed by atoms with Gasteiger partial charge in [0.1, 0.15) is 0 Å². The summed E-state index contributed by atoms with van der Waals surface area (Å²) in [6.45, 7) is 4.09. The SMILES string of the molecule is CC(C)c1ncc(C2CC2)cc1N=C=O. The Bertz CT molecular complexity index is 416. The monoisotopic (exact) mass is 202 g/mol. The Labute approximate surface area is 89.3 Å². The molecule has 0 saturated heterocycles. The van der Waals surface area contributed by atoms with Crippen LogP contribution < -0.4 is 0 Å². The van der Waals surface area contributed by atoms with E-state index in [-0.39, 0.29) is 5.92 Å². The van der Waals surface area contributed by atoms with Crippen molar-refractivity contribution in [1.29, 1.82) is 0 Å². The van der Waals surface area contributed by atoms with Gasteiger partial charge < -0.3 is 0 Å². The van der Waals surface area contributed by atoms with Crippen molar-refractivity contribution in [3.8, 4) is 0 Å². The van der Waals surface area contributed by atoms with E-state index in [0.717, 1.165) is 5.69 Å². The van der Waals surface area contributed by atoms with E-state index in [1.165, 1.54) is 18.4 Å². The van der Waals surface area contributed by atoms with Gasteiger partial charge in [-0.15, -0.1) is 0 Å². The molecule has 3 nitrogen and oxygen atoms in total. The minimum Gasteiger partial charge on any atom is -0.258 e. The molecule has 0 spiro atoms. The zero-order chi connectivity index (χ0) is 10.8. The summed E-state index contributed by atoms with van der Waals surface area (Å²) in [5, 5.41) is 0. The molecule has 1 aromatic rings. The maximum Gasteiger partial charge on any atom is 0.240 e. The van der Waals surface area contributed by atoms with E-state index >= 15 is 0 Å². The van der Waals surface area contributed by atoms with Crippen LogP contribution in [0.2, 0.25) is 0 Å². The first-order valence-electron chi connectivity index (χ1n) is 5.30. The molecule has 0 bridgehead atoms. The largest absolute Gasteiger partial charge is 0.258 e. The minimum absolute atomic E-state index is 0.283. The molecule has 0 amide bonds. The summed E-state index contributed by atoms with van der Waals surface area (Å²) in [5.74, 6) is 0.921. The zero-order valence-electron chi connectivity index (χ0n) is 9.03. The fraction of sp³-hybridized carbons (Fsp3) is 0.500. The van der Waals surface area contributed by atoms with E-state index in [4.69, 9.17) is 0 Å². The average Bonchev–Trinajstić information content (AvgIpc) is 3.01. The molecule has 2 rings (SSSR count). The smallest absolute Gasteiger partial charge is 0.240 e. The molecule has 0 N–H and O–H groups in total. The summed E-state index contributed by atoms with van der Waals surface area (Å²) in [6, 6.07) is 1.98. The molecule has 0 radical (unpaired) electrons. The number of hydrogen-bond acceptors (Lipinski definition) is 3. The lowest BCUT2D eigenvalue weighted by Crippen LogP contribution is -1.94. The quantitative estimate of drug-likeness (QED) is 0.558. The van der Waals surface area contributed by atoms with Gasteiger partial charge in [-0.1, -0.05) is 13.8 Å². The van der Waals surface area contributed by atoms with Crippen LogP contribution in [0.3, 0.4) is 0 Å². The Morgan fingerprint density at radius 1 is 1.53 bits per heavy atom. The van der Waals surface area contributed by atoms with Crippen LogP contribution in [0.15, 0.2) is 17.3 Å². The molecular weight excluding hydrogens is 188 g/mol. The predicted octanol–water partition coefficient (Wildman–Crippen LogP) is 3.05. The highest BCUT2D eigenvalue weighted by Crippen LogP contribution is 2.41. The lowest BCUT2D eigenvalue weighted by atomic mass is 10.1. The minimum atomic E-state index is 0.283. The summed E-state index contributed by atoms with van der Waals surface area (Å²) in [7, 11) is 0. The fourth-order valence-electron chi connectivity index (χ4n) is 1.70. The standard InChI is InChI=1S/C12H14N2O/c1-8(2)12-11(14-7-15)5-10(6-13-12)9-3-4-9/h5-6,8-9H,3-4H2,1-2H3. The zero-order valence-corrected chi connectivity index (χ0v) is 9.03. The third-order valence-corrected chi connectivity index (χ3v) is 2.68. The van der Waals surface area contributed by atoms with E-state index in [2.05, 4.69) is 9.98 Å². The van der Waals surface area contributed by atoms with Gasteiger partial charge in [0.25, 0.3) is 0 Å². The Balaban J connectivity index is 2.43. The van der Waals surface area contributed by atoms with Crippen LogP contribution >= 0.6 is 0 Å². The van der Waals surface area contributed by atoms with Crippen LogP contribution in [0, 0.1) is 0 Å². The van der Waals surface area contributed by atoms with Crippen molar-refractivity contribution in [1.82, 2.24) is 4.98 Å². The van der Waals surface area contributed by atoms with E-state index < -0.39 is 0 Å². The maximum atomic E-state index is 10.3. The lowest BCUT2D eigenvalue weighted by Gasteiger charge is -2.08. The summed E-state index contributed by atoms with van der Waals surface area (Å²) < 4.78 is 0. The van der Waals surface area contributed by atoms with Gasteiger partial charge in [0.2, 0.25) is 6.08 Å². The second kappa shape index (κ2) is 3.95. The second-order valence-electron chi connectivity index (χ2n) is 4.31. The van der Waals surface area contributed by atoms with Crippen molar-refractivity contribution in [3.05, 3.63) is 23.5 Å². The lowest BCUT2D eigenvalue weighted by molar-refractivity contribution is 0.565. The van der Waals surface area contributed by atoms with Crippen molar-refractivity contribution in [2.45, 2.75) is 38.5 Å². The number of aliphatic imine (C=N–C) groups is 1. The van der Waals surface area contributed by atoms with Gasteiger partial charge >= 0.3 is 0 Å². The van der Waals surface area contributed by atoms with Crippen LogP contribution in [-0.2, 0) is 4.79 Å². The Morgan fingerprint density at radius 2 is 2.27 bits per heavy atom. The predicted molar refractivity (Wildman–Crippen MR) is 58.1 cm³/mol. The molecule has 1 saturated carbocycles. The highest BCUT2D eigenvalue weighted by Gasteiger charge is 2.24. The van der Waals surface area contributed by atoms with Gasteiger partial charge in [-0.3, -0.25) is 4.98 Å². The van der Waals surface area contributed by atoms with Gasteiger partial charge in [0.05, 0.1) is 11.4 Å². The number of nitrogens with zero attached hydrogens (tertiary/aromatic N) is 2. The summed E-state index contributed by atoms with van der Waals surface area (Å²) >= 11 is 0. The van der Waals surface area contributed by atoms with Crippen molar-refractivity contribution < 1.29 is 4.79 Å². The molecule has 1 heterocycles. The molecule has 0 aliphatic heterocycles. The third kappa shape index (κ3) is 2.13. The van der Waals surface area contributed by atoms with E-state index in [1.807, 2.05) is 26.1 Å². The topological polar surface area (TPSA) is 42.3 Å². The van der Waals surface area contributed by atoms with Crippen molar-refractivity contribution >= 4 is 11.8 Å². The van der Waals surface area contributed by atoms with Gasteiger partial charge in [-0.05, 0) is 36.3 Å². The molecule has 78 valence electrons. The maximum absolute atomic E-state index is 10.3. The molecule has 1 aliphatic carbocycles. The molecule has 1 aliphatic rings. The van der Waals surface area contributed by atoms with Crippen molar-refractivity contribution in [2.24, 2.45) is 4.99 Å². The number of hydrogen-bond donors (Lipinski definition) is 0. The van der Waals surface area contributed by atoms with Crippen LogP contribution in [0.5, 0.6) is 0 Å². The molecule has 0 atom stereocenters. The Hall–Kier alpha value is -1.47. The number of rotatable bonds is 3. The fourth-order valence-corrected chi connectivity index (χ4v) is 1.70. The summed E-state index contributed by atoms with van der Waals surface area (Å²) in [6.07, 6.45) is 5.97. The normalized spacial score (nSPS) is 15.1. The van der Waals surface area contributed by atoms with Gasteiger partial charge in [0.15, 0.2) is 0 Å². The van der Waals surface area contributed by atoms with Crippen LogP contribution in [-0.4, -0.2) is 11.1 Å². The highest BCUT2D eigenvalue weighted by atomic mass is 16.1. The third-order valence-electron chi connectivity index (χ3n) is 2.68. The van der Waals surface area contributed by atoms with Crippen molar-refractivity contribution in [3.63, 3.8) is 0 Å². The number of carbonyl (C=O) groups excluding carboxylic acids is 1. The van der Waals surface area contributed by atoms with E-state index in [0.29, 0.717) is 11.6 Å². The van der Waals surface area contributed by atoms with Crippen LogP contribution in [0.1, 0.15) is 49.8 Å². The number of aromatic nitrogens is 1.